The van der Waals surface area contributed by atoms with Crippen molar-refractivity contribution in [1.82, 2.24) is 4.98 Å². The molecule has 0 saturated heterocycles. The van der Waals surface area contributed by atoms with E-state index in [2.05, 4.69) is 4.98 Å². The van der Waals surface area contributed by atoms with Crippen molar-refractivity contribution in [3.8, 4) is 5.75 Å². The predicted molar refractivity (Wildman–Crippen MR) is 67.4 cm³/mol. The number of nitrogen functional groups attached to an aromatic ring is 1. The second kappa shape index (κ2) is 4.92. The maximum absolute atomic E-state index is 12.7. The van der Waals surface area contributed by atoms with Crippen LogP contribution in [0.1, 0.15) is 12.7 Å². The summed E-state index contributed by atoms with van der Waals surface area (Å²) in [5, 5.41) is 8.75. The summed E-state index contributed by atoms with van der Waals surface area (Å²) in [7, 11) is 0. The van der Waals surface area contributed by atoms with Crippen molar-refractivity contribution in [2.45, 2.75) is 6.61 Å². The minimum Gasteiger partial charge on any atom is -0.487 e. The molecule has 2 rings (SSSR count). The fraction of sp³-hybridized carbons (Fsp3) is 0.0909. The molecule has 2 aromatic rings. The molecule has 3 N–H and O–H groups in total. The third kappa shape index (κ3) is 2.79. The van der Waals surface area contributed by atoms with Gasteiger partial charge in [0.25, 0.3) is 0 Å². The summed E-state index contributed by atoms with van der Waals surface area (Å²) >= 11 is 1.49. The van der Waals surface area contributed by atoms with Gasteiger partial charge in [0.05, 0.1) is 16.8 Å². The van der Waals surface area contributed by atoms with Gasteiger partial charge in [-0.05, 0) is 12.1 Å². The lowest BCUT2D eigenvalue weighted by molar-refractivity contribution is 0.302. The molecule has 0 aliphatic carbocycles. The van der Waals surface area contributed by atoms with Crippen LogP contribution in [0.4, 0.5) is 10.1 Å². The van der Waals surface area contributed by atoms with Gasteiger partial charge in [-0.1, -0.05) is 0 Å². The SMILES string of the molecule is N=C(F)c1ccc(OCc2cscn2)cc1N.[HH]. The van der Waals surface area contributed by atoms with Crippen LogP contribution in [0, 0.1) is 5.41 Å². The summed E-state index contributed by atoms with van der Waals surface area (Å²) in [4.78, 5) is 4.07. The summed E-state index contributed by atoms with van der Waals surface area (Å²) < 4.78 is 18.1. The second-order valence-electron chi connectivity index (χ2n) is 3.33. The monoisotopic (exact) mass is 253 g/mol. The zero-order valence-electron chi connectivity index (χ0n) is 8.81. The minimum atomic E-state index is -1.05. The molecule has 1 heterocycles. The van der Waals surface area contributed by atoms with Gasteiger partial charge in [0.2, 0.25) is 5.97 Å². The molecule has 0 atom stereocenters. The number of anilines is 1. The maximum Gasteiger partial charge on any atom is 0.214 e. The van der Waals surface area contributed by atoms with Gasteiger partial charge in [-0.2, -0.15) is 4.39 Å². The number of hydrogen-bond acceptors (Lipinski definition) is 5. The maximum atomic E-state index is 12.7. The fourth-order valence-corrected chi connectivity index (χ4v) is 1.84. The van der Waals surface area contributed by atoms with Crippen LogP contribution in [0.5, 0.6) is 5.75 Å². The van der Waals surface area contributed by atoms with Gasteiger partial charge < -0.3 is 10.5 Å². The predicted octanol–water partition coefficient (Wildman–Crippen LogP) is 2.85. The van der Waals surface area contributed by atoms with Crippen LogP contribution < -0.4 is 10.5 Å². The van der Waals surface area contributed by atoms with Gasteiger partial charge in [-0.3, -0.25) is 5.41 Å². The molecule has 0 spiro atoms. The lowest BCUT2D eigenvalue weighted by atomic mass is 10.2. The van der Waals surface area contributed by atoms with Gasteiger partial charge in [0, 0.05) is 18.6 Å². The molecule has 90 valence electrons. The van der Waals surface area contributed by atoms with Gasteiger partial charge >= 0.3 is 0 Å². The van der Waals surface area contributed by atoms with E-state index in [1.807, 2.05) is 5.38 Å². The van der Waals surface area contributed by atoms with E-state index in [4.69, 9.17) is 15.9 Å². The molecular weight excluding hydrogens is 241 g/mol. The number of nitrogens with one attached hydrogen (secondary N) is 1. The van der Waals surface area contributed by atoms with E-state index >= 15 is 0 Å². The van der Waals surface area contributed by atoms with E-state index in [1.54, 1.807) is 11.6 Å². The number of thiazole rings is 1. The van der Waals surface area contributed by atoms with Crippen molar-refractivity contribution in [1.29, 1.82) is 5.41 Å². The summed E-state index contributed by atoms with van der Waals surface area (Å²) in [6.07, 6.45) is 0. The molecular formula is C11H12FN3OS. The minimum absolute atomic E-state index is 0. The lowest BCUT2D eigenvalue weighted by Gasteiger charge is -2.07. The first-order valence-corrected chi connectivity index (χ1v) is 5.75. The first-order valence-electron chi connectivity index (χ1n) is 4.80. The molecule has 0 radical (unpaired) electrons. The Balaban J connectivity index is 0.00000162. The first kappa shape index (κ1) is 11.5. The van der Waals surface area contributed by atoms with Crippen molar-refractivity contribution in [2.24, 2.45) is 0 Å². The molecule has 0 fully saturated rings. The van der Waals surface area contributed by atoms with Crippen molar-refractivity contribution < 1.29 is 10.6 Å². The van der Waals surface area contributed by atoms with Crippen LogP contribution in [0.3, 0.4) is 0 Å². The average molecular weight is 253 g/mol. The normalized spacial score (nSPS) is 10.2. The largest absolute Gasteiger partial charge is 0.487 e. The molecule has 0 aliphatic heterocycles. The highest BCUT2D eigenvalue weighted by Gasteiger charge is 2.06. The highest BCUT2D eigenvalue weighted by Crippen LogP contribution is 2.21. The molecule has 0 unspecified atom stereocenters. The standard InChI is InChI=1S/C11H10FN3OS.H2/c12-11(14)9-2-1-8(3-10(9)13)16-4-7-5-17-6-15-7;/h1-3,5-6,14H,4,13H2;1H. The highest BCUT2D eigenvalue weighted by atomic mass is 32.1. The van der Waals surface area contributed by atoms with Crippen LogP contribution in [-0.4, -0.2) is 10.9 Å². The molecule has 4 nitrogen and oxygen atoms in total. The Morgan fingerprint density at radius 3 is 3.00 bits per heavy atom. The number of hydrogen-bond donors (Lipinski definition) is 2. The Bertz CT molecular complexity index is 533. The molecule has 0 aliphatic rings. The van der Waals surface area contributed by atoms with E-state index in [1.165, 1.54) is 23.5 Å². The molecule has 0 bridgehead atoms. The third-order valence-electron chi connectivity index (χ3n) is 2.13. The van der Waals surface area contributed by atoms with Gasteiger partial charge in [-0.15, -0.1) is 11.3 Å². The van der Waals surface area contributed by atoms with E-state index in [0.29, 0.717) is 12.4 Å². The topological polar surface area (TPSA) is 72.0 Å². The summed E-state index contributed by atoms with van der Waals surface area (Å²) in [5.41, 5.74) is 8.41. The van der Waals surface area contributed by atoms with Gasteiger partial charge in [0.1, 0.15) is 12.4 Å². The van der Waals surface area contributed by atoms with Crippen molar-refractivity contribution in [3.05, 3.63) is 40.3 Å². The average Bonchev–Trinajstić information content (AvgIpc) is 2.78. The van der Waals surface area contributed by atoms with Crippen LogP contribution in [0.2, 0.25) is 0 Å². The number of rotatable bonds is 4. The fourth-order valence-electron chi connectivity index (χ4n) is 1.30. The van der Waals surface area contributed by atoms with Gasteiger partial charge in [0.15, 0.2) is 0 Å². The number of ether oxygens (including phenoxy) is 1. The van der Waals surface area contributed by atoms with Gasteiger partial charge in [-0.25, -0.2) is 4.98 Å². The first-order chi connectivity index (χ1) is 8.16. The molecule has 0 amide bonds. The van der Waals surface area contributed by atoms with Crippen LogP contribution in [0.25, 0.3) is 0 Å². The van der Waals surface area contributed by atoms with E-state index in [-0.39, 0.29) is 12.7 Å². The number of benzene rings is 1. The van der Waals surface area contributed by atoms with Crippen molar-refractivity contribution in [2.75, 3.05) is 5.73 Å². The Morgan fingerprint density at radius 1 is 1.59 bits per heavy atom. The van der Waals surface area contributed by atoms with Crippen molar-refractivity contribution >= 4 is 23.0 Å². The molecule has 0 saturated carbocycles. The number of halogens is 1. The number of aromatic nitrogens is 1. The van der Waals surface area contributed by atoms with Crippen LogP contribution in [0.15, 0.2) is 29.1 Å². The number of nitrogens with two attached hydrogens (primary N) is 1. The molecule has 17 heavy (non-hydrogen) atoms. The Labute approximate surface area is 103 Å². The van der Waals surface area contributed by atoms with Crippen LogP contribution in [-0.2, 0) is 6.61 Å². The van der Waals surface area contributed by atoms with E-state index < -0.39 is 5.97 Å². The van der Waals surface area contributed by atoms with Crippen molar-refractivity contribution in [3.63, 3.8) is 0 Å². The second-order valence-corrected chi connectivity index (χ2v) is 4.05. The smallest absolute Gasteiger partial charge is 0.214 e. The van der Waals surface area contributed by atoms with E-state index in [9.17, 15) is 4.39 Å². The zero-order chi connectivity index (χ0) is 12.3. The Hall–Kier alpha value is -1.95. The Kier molecular flexibility index (Phi) is 3.34. The highest BCUT2D eigenvalue weighted by molar-refractivity contribution is 7.07. The summed E-state index contributed by atoms with van der Waals surface area (Å²) in [5.74, 6) is -0.519. The number of nitrogens with zero attached hydrogens (tertiary/aromatic N) is 1. The molecule has 1 aromatic heterocycles. The molecule has 6 heteroatoms. The van der Waals surface area contributed by atoms with Crippen LogP contribution >= 0.6 is 11.3 Å². The lowest BCUT2D eigenvalue weighted by Crippen LogP contribution is -2.00. The summed E-state index contributed by atoms with van der Waals surface area (Å²) in [6.45, 7) is 0.343. The Morgan fingerprint density at radius 2 is 2.41 bits per heavy atom. The summed E-state index contributed by atoms with van der Waals surface area (Å²) in [6, 6.07) is 4.50. The third-order valence-corrected chi connectivity index (χ3v) is 2.76. The van der Waals surface area contributed by atoms with E-state index in [0.717, 1.165) is 5.69 Å². The quantitative estimate of drug-likeness (QED) is 0.650. The zero-order valence-corrected chi connectivity index (χ0v) is 9.63. The molecule has 1 aromatic carbocycles.